The third-order valence-corrected chi connectivity index (χ3v) is 9.24. The molecule has 0 fully saturated rings. The molecule has 0 bridgehead atoms. The summed E-state index contributed by atoms with van der Waals surface area (Å²) in [5.41, 5.74) is 11.6. The molecule has 6 nitrogen and oxygen atoms in total. The highest BCUT2D eigenvalue weighted by atomic mass is 16.1. The number of hydrogen-bond acceptors (Lipinski definition) is 4. The van der Waals surface area contributed by atoms with Crippen molar-refractivity contribution in [3.05, 3.63) is 137 Å². The zero-order valence-electron chi connectivity index (χ0n) is 25.6. The molecule has 0 N–H and O–H groups in total. The Labute approximate surface area is 261 Å². The first-order valence-corrected chi connectivity index (χ1v) is 15.1. The Morgan fingerprint density at radius 2 is 1.07 bits per heavy atom. The molecule has 45 heavy (non-hydrogen) atoms. The molecule has 2 aromatic heterocycles. The fraction of sp³-hybridized carbons (Fsp3) is 0.128. The van der Waals surface area contributed by atoms with Crippen LogP contribution in [-0.4, -0.2) is 24.1 Å². The van der Waals surface area contributed by atoms with Crippen LogP contribution in [0.3, 0.4) is 0 Å². The quantitative estimate of drug-likeness (QED) is 0.210. The van der Waals surface area contributed by atoms with Crippen molar-refractivity contribution in [3.63, 3.8) is 0 Å². The summed E-state index contributed by atoms with van der Waals surface area (Å²) >= 11 is 0. The monoisotopic (exact) mass is 585 g/mol. The van der Waals surface area contributed by atoms with Gasteiger partial charge >= 0.3 is 5.69 Å². The number of benzene rings is 5. The molecule has 2 heterocycles. The Hall–Kier alpha value is -5.62. The van der Waals surface area contributed by atoms with E-state index in [0.717, 1.165) is 38.9 Å². The summed E-state index contributed by atoms with van der Waals surface area (Å²) in [4.78, 5) is 27.6. The van der Waals surface area contributed by atoms with Crippen LogP contribution in [-0.2, 0) is 19.5 Å². The van der Waals surface area contributed by atoms with Crippen molar-refractivity contribution in [2.45, 2.75) is 19.3 Å². The van der Waals surface area contributed by atoms with Gasteiger partial charge in [0.25, 0.3) is 0 Å². The van der Waals surface area contributed by atoms with Gasteiger partial charge < -0.3 is 0 Å². The van der Waals surface area contributed by atoms with Crippen molar-refractivity contribution in [3.8, 4) is 56.4 Å². The maximum Gasteiger partial charge on any atom is 0.328 e. The van der Waals surface area contributed by atoms with E-state index in [0.29, 0.717) is 17.5 Å². The van der Waals surface area contributed by atoms with Crippen LogP contribution in [0.25, 0.3) is 67.5 Å². The van der Waals surface area contributed by atoms with E-state index in [1.807, 2.05) is 43.4 Å². The molecule has 0 saturated carbocycles. The van der Waals surface area contributed by atoms with Crippen LogP contribution < -0.4 is 5.69 Å². The summed E-state index contributed by atoms with van der Waals surface area (Å²) in [7, 11) is 3.61. The van der Waals surface area contributed by atoms with E-state index in [1.54, 1.807) is 16.2 Å². The third kappa shape index (κ3) is 4.17. The largest absolute Gasteiger partial charge is 0.328 e. The maximum absolute atomic E-state index is 12.5. The summed E-state index contributed by atoms with van der Waals surface area (Å²) in [5, 5.41) is 0. The van der Waals surface area contributed by atoms with Gasteiger partial charge in [-0.05, 0) is 45.5 Å². The first-order valence-electron chi connectivity index (χ1n) is 15.1. The summed E-state index contributed by atoms with van der Waals surface area (Å²) in [6.07, 6.45) is 0. The second kappa shape index (κ2) is 9.96. The van der Waals surface area contributed by atoms with Crippen molar-refractivity contribution in [1.82, 2.24) is 24.1 Å². The van der Waals surface area contributed by atoms with Crippen molar-refractivity contribution >= 4 is 11.0 Å². The number of imidazole rings is 1. The van der Waals surface area contributed by atoms with Crippen LogP contribution in [0.5, 0.6) is 0 Å². The molecular formula is C39H31N5O. The van der Waals surface area contributed by atoms with Crippen molar-refractivity contribution in [1.29, 1.82) is 0 Å². The van der Waals surface area contributed by atoms with Gasteiger partial charge in [0, 0.05) is 36.2 Å². The van der Waals surface area contributed by atoms with Crippen LogP contribution >= 0.6 is 0 Å². The van der Waals surface area contributed by atoms with E-state index in [2.05, 4.69) is 92.7 Å². The summed E-state index contributed by atoms with van der Waals surface area (Å²) in [6.45, 7) is 4.57. The average Bonchev–Trinajstić information content (AvgIpc) is 3.46. The molecule has 7 aromatic rings. The molecule has 0 unspecified atom stereocenters. The average molecular weight is 586 g/mol. The third-order valence-electron chi connectivity index (χ3n) is 9.24. The van der Waals surface area contributed by atoms with E-state index in [4.69, 9.17) is 15.0 Å². The lowest BCUT2D eigenvalue weighted by atomic mass is 9.80. The summed E-state index contributed by atoms with van der Waals surface area (Å²) in [6, 6.07) is 39.6. The summed E-state index contributed by atoms with van der Waals surface area (Å²) < 4.78 is 3.36. The van der Waals surface area contributed by atoms with Gasteiger partial charge in [-0.15, -0.1) is 0 Å². The molecule has 8 rings (SSSR count). The lowest BCUT2D eigenvalue weighted by Gasteiger charge is -2.24. The fourth-order valence-electron chi connectivity index (χ4n) is 6.87. The predicted octanol–water partition coefficient (Wildman–Crippen LogP) is 8.04. The van der Waals surface area contributed by atoms with Crippen LogP contribution in [0.4, 0.5) is 0 Å². The molecule has 0 amide bonds. The molecule has 1 aliphatic rings. The maximum atomic E-state index is 12.5. The Morgan fingerprint density at radius 3 is 1.82 bits per heavy atom. The second-order valence-corrected chi connectivity index (χ2v) is 12.3. The first-order chi connectivity index (χ1) is 21.8. The molecule has 0 radical (unpaired) electrons. The summed E-state index contributed by atoms with van der Waals surface area (Å²) in [5.74, 6) is 1.93. The molecule has 0 saturated heterocycles. The Morgan fingerprint density at radius 1 is 0.511 bits per heavy atom. The van der Waals surface area contributed by atoms with Crippen LogP contribution in [0.1, 0.15) is 25.0 Å². The SMILES string of the molecule is Cn1c(=O)n(C)c2cc(-c3ccc(-c4nc(-c5ccccc5)nc(-c5cccc6c5C(C)(C)c5ccccc5-6)n4)cc3)ccc21. The Kier molecular flexibility index (Phi) is 5.97. The van der Waals surface area contributed by atoms with E-state index >= 15 is 0 Å². The highest BCUT2D eigenvalue weighted by Crippen LogP contribution is 2.51. The number of fused-ring (bicyclic) bond motifs is 4. The van der Waals surface area contributed by atoms with E-state index in [9.17, 15) is 4.79 Å². The molecule has 0 atom stereocenters. The van der Waals surface area contributed by atoms with Crippen LogP contribution in [0, 0.1) is 0 Å². The van der Waals surface area contributed by atoms with Gasteiger partial charge in [-0.1, -0.05) is 117 Å². The number of aryl methyl sites for hydroxylation is 2. The van der Waals surface area contributed by atoms with Gasteiger partial charge in [0.2, 0.25) is 0 Å². The van der Waals surface area contributed by atoms with Gasteiger partial charge in [-0.3, -0.25) is 9.13 Å². The van der Waals surface area contributed by atoms with Gasteiger partial charge in [0.1, 0.15) is 0 Å². The smallest absolute Gasteiger partial charge is 0.295 e. The van der Waals surface area contributed by atoms with Gasteiger partial charge in [0.15, 0.2) is 17.5 Å². The Bertz CT molecular complexity index is 2330. The van der Waals surface area contributed by atoms with Crippen LogP contribution in [0.15, 0.2) is 120 Å². The van der Waals surface area contributed by atoms with Crippen molar-refractivity contribution in [2.24, 2.45) is 14.1 Å². The van der Waals surface area contributed by atoms with Gasteiger partial charge in [-0.2, -0.15) is 0 Å². The number of aromatic nitrogens is 5. The molecule has 6 heteroatoms. The number of nitrogens with zero attached hydrogens (tertiary/aromatic N) is 5. The molecule has 5 aromatic carbocycles. The zero-order valence-corrected chi connectivity index (χ0v) is 25.6. The molecule has 0 spiro atoms. The normalized spacial score (nSPS) is 13.2. The van der Waals surface area contributed by atoms with E-state index in [-0.39, 0.29) is 11.1 Å². The predicted molar refractivity (Wildman–Crippen MR) is 181 cm³/mol. The molecular weight excluding hydrogens is 554 g/mol. The fourth-order valence-corrected chi connectivity index (χ4v) is 6.87. The minimum Gasteiger partial charge on any atom is -0.295 e. The van der Waals surface area contributed by atoms with E-state index < -0.39 is 0 Å². The molecule has 218 valence electrons. The highest BCUT2D eigenvalue weighted by molar-refractivity contribution is 5.87. The topological polar surface area (TPSA) is 65.6 Å². The second-order valence-electron chi connectivity index (χ2n) is 12.3. The number of hydrogen-bond donors (Lipinski definition) is 0. The zero-order chi connectivity index (χ0) is 30.9. The van der Waals surface area contributed by atoms with Crippen molar-refractivity contribution < 1.29 is 0 Å². The highest BCUT2D eigenvalue weighted by Gasteiger charge is 2.38. The molecule has 1 aliphatic carbocycles. The lowest BCUT2D eigenvalue weighted by Crippen LogP contribution is -2.19. The van der Waals surface area contributed by atoms with Gasteiger partial charge in [-0.25, -0.2) is 19.7 Å². The van der Waals surface area contributed by atoms with Crippen molar-refractivity contribution in [2.75, 3.05) is 0 Å². The minimum atomic E-state index is -0.201. The standard InChI is InChI=1S/C39H31N5O/c1-39(2)31-16-9-8-13-28(31)29-14-10-15-30(34(29)39)37-41-35(25-11-6-5-7-12-25)40-36(42-37)26-19-17-24(18-20-26)27-21-22-32-33(23-27)44(4)38(45)43(32)3/h5-23H,1-4H3. The Balaban J connectivity index is 1.26. The van der Waals surface area contributed by atoms with E-state index in [1.165, 1.54) is 22.3 Å². The lowest BCUT2D eigenvalue weighted by molar-refractivity contribution is 0.661. The molecule has 0 aliphatic heterocycles. The van der Waals surface area contributed by atoms with Gasteiger partial charge in [0.05, 0.1) is 11.0 Å². The first kappa shape index (κ1) is 27.0. The minimum absolute atomic E-state index is 0.0336. The van der Waals surface area contributed by atoms with Crippen LogP contribution in [0.2, 0.25) is 0 Å². The number of rotatable bonds is 4.